The standard InChI is InChI=1S/C11H23NO2/c1-9(3-5-13)8-12-11-4-6-14-10(2)7-11/h9-13H,3-8H2,1-2H3. The van der Waals surface area contributed by atoms with E-state index in [-0.39, 0.29) is 0 Å². The highest BCUT2D eigenvalue weighted by atomic mass is 16.5. The summed E-state index contributed by atoms with van der Waals surface area (Å²) in [5.41, 5.74) is 0. The molecule has 3 nitrogen and oxygen atoms in total. The maximum atomic E-state index is 8.77. The van der Waals surface area contributed by atoms with E-state index in [0.717, 1.165) is 32.4 Å². The lowest BCUT2D eigenvalue weighted by Gasteiger charge is -2.29. The molecule has 0 aromatic rings. The number of hydrogen-bond donors (Lipinski definition) is 2. The van der Waals surface area contributed by atoms with Crippen LogP contribution in [0.4, 0.5) is 0 Å². The molecule has 1 fully saturated rings. The van der Waals surface area contributed by atoms with Crippen LogP contribution in [0.2, 0.25) is 0 Å². The average molecular weight is 201 g/mol. The van der Waals surface area contributed by atoms with Crippen molar-refractivity contribution in [3.8, 4) is 0 Å². The molecule has 0 radical (unpaired) electrons. The number of rotatable bonds is 5. The molecule has 0 spiro atoms. The van der Waals surface area contributed by atoms with Gasteiger partial charge >= 0.3 is 0 Å². The normalized spacial score (nSPS) is 30.2. The molecule has 0 aromatic carbocycles. The Morgan fingerprint density at radius 2 is 2.36 bits per heavy atom. The zero-order chi connectivity index (χ0) is 10.4. The summed E-state index contributed by atoms with van der Waals surface area (Å²) in [6, 6.07) is 0.611. The number of ether oxygens (including phenoxy) is 1. The Morgan fingerprint density at radius 1 is 1.57 bits per heavy atom. The minimum Gasteiger partial charge on any atom is -0.396 e. The molecule has 0 bridgehead atoms. The van der Waals surface area contributed by atoms with Crippen molar-refractivity contribution in [2.24, 2.45) is 5.92 Å². The predicted octanol–water partition coefficient (Wildman–Crippen LogP) is 1.16. The van der Waals surface area contributed by atoms with Gasteiger partial charge in [-0.1, -0.05) is 6.92 Å². The van der Waals surface area contributed by atoms with Crippen molar-refractivity contribution in [3.05, 3.63) is 0 Å². The summed E-state index contributed by atoms with van der Waals surface area (Å²) < 4.78 is 5.48. The summed E-state index contributed by atoms with van der Waals surface area (Å²) >= 11 is 0. The molecular formula is C11H23NO2. The third-order valence-electron chi connectivity index (χ3n) is 2.86. The molecule has 3 heteroatoms. The lowest BCUT2D eigenvalue weighted by atomic mass is 10.0. The molecule has 3 atom stereocenters. The summed E-state index contributed by atoms with van der Waals surface area (Å²) in [6.45, 7) is 6.50. The van der Waals surface area contributed by atoms with Gasteiger partial charge in [0.05, 0.1) is 6.10 Å². The van der Waals surface area contributed by atoms with Crippen molar-refractivity contribution in [2.75, 3.05) is 19.8 Å². The largest absolute Gasteiger partial charge is 0.396 e. The quantitative estimate of drug-likeness (QED) is 0.701. The Balaban J connectivity index is 2.10. The second-order valence-electron chi connectivity index (χ2n) is 4.43. The van der Waals surface area contributed by atoms with Crippen molar-refractivity contribution in [2.45, 2.75) is 45.3 Å². The van der Waals surface area contributed by atoms with Gasteiger partial charge in [0.25, 0.3) is 0 Å². The van der Waals surface area contributed by atoms with Gasteiger partial charge in [-0.3, -0.25) is 0 Å². The number of aliphatic hydroxyl groups is 1. The molecule has 0 saturated carbocycles. The van der Waals surface area contributed by atoms with Crippen LogP contribution in [0.5, 0.6) is 0 Å². The average Bonchev–Trinajstić information content (AvgIpc) is 2.15. The van der Waals surface area contributed by atoms with Crippen LogP contribution in [0.1, 0.15) is 33.1 Å². The molecule has 0 amide bonds. The smallest absolute Gasteiger partial charge is 0.0561 e. The fourth-order valence-electron chi connectivity index (χ4n) is 1.87. The first kappa shape index (κ1) is 12.0. The van der Waals surface area contributed by atoms with Gasteiger partial charge in [-0.15, -0.1) is 0 Å². The molecule has 1 heterocycles. The highest BCUT2D eigenvalue weighted by Crippen LogP contribution is 2.13. The maximum Gasteiger partial charge on any atom is 0.0561 e. The second kappa shape index (κ2) is 6.38. The fourth-order valence-corrected chi connectivity index (χ4v) is 1.87. The Morgan fingerprint density at radius 3 is 3.00 bits per heavy atom. The van der Waals surface area contributed by atoms with Crippen LogP contribution < -0.4 is 5.32 Å². The van der Waals surface area contributed by atoms with Crippen LogP contribution in [0.15, 0.2) is 0 Å². The van der Waals surface area contributed by atoms with Gasteiger partial charge in [-0.25, -0.2) is 0 Å². The van der Waals surface area contributed by atoms with Gasteiger partial charge in [0, 0.05) is 19.3 Å². The summed E-state index contributed by atoms with van der Waals surface area (Å²) in [6.07, 6.45) is 3.53. The molecule has 84 valence electrons. The second-order valence-corrected chi connectivity index (χ2v) is 4.43. The zero-order valence-electron chi connectivity index (χ0n) is 9.33. The van der Waals surface area contributed by atoms with Gasteiger partial charge in [-0.05, 0) is 38.6 Å². The number of hydrogen-bond acceptors (Lipinski definition) is 3. The van der Waals surface area contributed by atoms with E-state index in [4.69, 9.17) is 9.84 Å². The predicted molar refractivity (Wildman–Crippen MR) is 57.3 cm³/mol. The van der Waals surface area contributed by atoms with Crippen LogP contribution in [0, 0.1) is 5.92 Å². The van der Waals surface area contributed by atoms with Crippen molar-refractivity contribution < 1.29 is 9.84 Å². The van der Waals surface area contributed by atoms with Gasteiger partial charge in [0.2, 0.25) is 0 Å². The lowest BCUT2D eigenvalue weighted by molar-refractivity contribution is 0.0127. The minimum atomic E-state index is 0.299. The fraction of sp³-hybridized carbons (Fsp3) is 1.00. The van der Waals surface area contributed by atoms with Gasteiger partial charge < -0.3 is 15.2 Å². The topological polar surface area (TPSA) is 41.5 Å². The molecule has 0 aliphatic carbocycles. The van der Waals surface area contributed by atoms with E-state index >= 15 is 0 Å². The van der Waals surface area contributed by atoms with Crippen LogP contribution in [-0.4, -0.2) is 37.0 Å². The molecule has 1 aliphatic rings. The number of aliphatic hydroxyl groups excluding tert-OH is 1. The third kappa shape index (κ3) is 4.40. The van der Waals surface area contributed by atoms with E-state index in [9.17, 15) is 0 Å². The van der Waals surface area contributed by atoms with E-state index in [1.807, 2.05) is 0 Å². The molecule has 0 aromatic heterocycles. The lowest BCUT2D eigenvalue weighted by Crippen LogP contribution is -2.39. The molecule has 1 aliphatic heterocycles. The minimum absolute atomic E-state index is 0.299. The van der Waals surface area contributed by atoms with Gasteiger partial charge in [0.1, 0.15) is 0 Å². The number of nitrogens with one attached hydrogen (secondary N) is 1. The van der Waals surface area contributed by atoms with Crippen molar-refractivity contribution in [1.29, 1.82) is 0 Å². The monoisotopic (exact) mass is 201 g/mol. The van der Waals surface area contributed by atoms with E-state index in [2.05, 4.69) is 19.2 Å². The van der Waals surface area contributed by atoms with E-state index in [0.29, 0.717) is 24.7 Å². The van der Waals surface area contributed by atoms with E-state index < -0.39 is 0 Å². The summed E-state index contributed by atoms with van der Waals surface area (Å²) in [7, 11) is 0. The molecule has 14 heavy (non-hydrogen) atoms. The van der Waals surface area contributed by atoms with Crippen molar-refractivity contribution >= 4 is 0 Å². The molecule has 1 saturated heterocycles. The SMILES string of the molecule is CC(CCO)CNC1CCOC(C)C1. The van der Waals surface area contributed by atoms with Crippen LogP contribution >= 0.6 is 0 Å². The first-order valence-electron chi connectivity index (χ1n) is 5.68. The first-order valence-corrected chi connectivity index (χ1v) is 5.68. The highest BCUT2D eigenvalue weighted by Gasteiger charge is 2.18. The Kier molecular flexibility index (Phi) is 5.45. The Bertz CT molecular complexity index is 152. The van der Waals surface area contributed by atoms with Gasteiger partial charge in [0.15, 0.2) is 0 Å². The van der Waals surface area contributed by atoms with Crippen LogP contribution in [0.25, 0.3) is 0 Å². The molecule has 1 rings (SSSR count). The Labute approximate surface area is 86.8 Å². The van der Waals surface area contributed by atoms with E-state index in [1.165, 1.54) is 0 Å². The third-order valence-corrected chi connectivity index (χ3v) is 2.86. The summed E-state index contributed by atoms with van der Waals surface area (Å²) in [4.78, 5) is 0. The molecular weight excluding hydrogens is 178 g/mol. The Hall–Kier alpha value is -0.120. The van der Waals surface area contributed by atoms with E-state index in [1.54, 1.807) is 0 Å². The summed E-state index contributed by atoms with van der Waals surface area (Å²) in [5.74, 6) is 0.568. The van der Waals surface area contributed by atoms with Crippen molar-refractivity contribution in [1.82, 2.24) is 5.32 Å². The van der Waals surface area contributed by atoms with Crippen molar-refractivity contribution in [3.63, 3.8) is 0 Å². The van der Waals surface area contributed by atoms with Crippen LogP contribution in [-0.2, 0) is 4.74 Å². The highest BCUT2D eigenvalue weighted by molar-refractivity contribution is 4.75. The first-order chi connectivity index (χ1) is 6.72. The summed E-state index contributed by atoms with van der Waals surface area (Å²) in [5, 5.41) is 12.3. The molecule has 2 N–H and O–H groups in total. The van der Waals surface area contributed by atoms with Gasteiger partial charge in [-0.2, -0.15) is 0 Å². The molecule has 3 unspecified atom stereocenters. The van der Waals surface area contributed by atoms with Crippen LogP contribution in [0.3, 0.4) is 0 Å². The zero-order valence-corrected chi connectivity index (χ0v) is 9.33. The maximum absolute atomic E-state index is 8.77.